The number of amides is 1. The van der Waals surface area contributed by atoms with Crippen LogP contribution in [0.5, 0.6) is 5.75 Å². The Balaban J connectivity index is 2.04. The molecule has 2 N–H and O–H groups in total. The maximum atomic E-state index is 11.9. The molecule has 1 aliphatic heterocycles. The minimum Gasteiger partial charge on any atom is -0.493 e. The van der Waals surface area contributed by atoms with E-state index in [2.05, 4.69) is 22.4 Å². The van der Waals surface area contributed by atoms with Crippen LogP contribution in [0.15, 0.2) is 24.3 Å². The van der Waals surface area contributed by atoms with Gasteiger partial charge in [0.25, 0.3) is 0 Å². The number of para-hydroxylation sites is 1. The van der Waals surface area contributed by atoms with Crippen molar-refractivity contribution in [2.75, 3.05) is 11.9 Å². The molecular weight excluding hydrogens is 266 g/mol. The Kier molecular flexibility index (Phi) is 3.64. The quantitative estimate of drug-likeness (QED) is 0.907. The Hall–Kier alpha value is -2.30. The van der Waals surface area contributed by atoms with Gasteiger partial charge in [-0.3, -0.25) is 9.89 Å². The lowest BCUT2D eigenvalue weighted by Crippen LogP contribution is -2.23. The summed E-state index contributed by atoms with van der Waals surface area (Å²) in [5, 5.41) is 9.95. The maximum absolute atomic E-state index is 11.9. The second-order valence-electron chi connectivity index (χ2n) is 5.30. The number of anilines is 1. The molecule has 1 unspecified atom stereocenters. The largest absolute Gasteiger partial charge is 0.493 e. The summed E-state index contributed by atoms with van der Waals surface area (Å²) in [4.78, 5) is 11.9. The van der Waals surface area contributed by atoms with Crippen LogP contribution in [0.1, 0.15) is 42.5 Å². The third-order valence-electron chi connectivity index (χ3n) is 3.75. The van der Waals surface area contributed by atoms with Gasteiger partial charge in [-0.25, -0.2) is 0 Å². The van der Waals surface area contributed by atoms with E-state index in [1.54, 1.807) is 0 Å². The highest BCUT2D eigenvalue weighted by atomic mass is 16.5. The van der Waals surface area contributed by atoms with E-state index in [1.165, 1.54) is 0 Å². The van der Waals surface area contributed by atoms with Gasteiger partial charge in [0, 0.05) is 29.2 Å². The molecule has 1 aromatic heterocycles. The number of benzene rings is 1. The molecule has 2 heterocycles. The first kappa shape index (κ1) is 13.7. The third-order valence-corrected chi connectivity index (χ3v) is 3.75. The Morgan fingerprint density at radius 2 is 2.19 bits per heavy atom. The molecule has 1 atom stereocenters. The van der Waals surface area contributed by atoms with E-state index in [0.29, 0.717) is 18.8 Å². The van der Waals surface area contributed by atoms with Crippen molar-refractivity contribution >= 4 is 11.7 Å². The summed E-state index contributed by atoms with van der Waals surface area (Å²) in [5.74, 6) is 1.47. The second-order valence-corrected chi connectivity index (χ2v) is 5.30. The van der Waals surface area contributed by atoms with E-state index in [0.717, 1.165) is 29.0 Å². The Bertz CT molecular complexity index is 663. The zero-order valence-electron chi connectivity index (χ0n) is 12.3. The molecule has 0 aliphatic carbocycles. The lowest BCUT2D eigenvalue weighted by atomic mass is 9.85. The van der Waals surface area contributed by atoms with Gasteiger partial charge in [-0.05, 0) is 19.4 Å². The number of aromatic amines is 1. The zero-order valence-corrected chi connectivity index (χ0v) is 12.3. The summed E-state index contributed by atoms with van der Waals surface area (Å²) in [6.45, 7) is 4.73. The third kappa shape index (κ3) is 2.51. The van der Waals surface area contributed by atoms with Gasteiger partial charge >= 0.3 is 0 Å². The molecule has 0 spiro atoms. The van der Waals surface area contributed by atoms with Crippen molar-refractivity contribution in [3.8, 4) is 5.75 Å². The van der Waals surface area contributed by atoms with E-state index in [9.17, 15) is 4.79 Å². The molecule has 0 saturated heterocycles. The van der Waals surface area contributed by atoms with Gasteiger partial charge in [0.1, 0.15) is 5.75 Å². The first-order valence-electron chi connectivity index (χ1n) is 7.27. The van der Waals surface area contributed by atoms with Gasteiger partial charge < -0.3 is 10.1 Å². The molecule has 110 valence electrons. The summed E-state index contributed by atoms with van der Waals surface area (Å²) in [5.41, 5.74) is 3.09. The second kappa shape index (κ2) is 5.60. The summed E-state index contributed by atoms with van der Waals surface area (Å²) in [7, 11) is 0. The van der Waals surface area contributed by atoms with Gasteiger partial charge in [-0.15, -0.1) is 0 Å². The number of fused-ring (bicyclic) bond motifs is 1. The molecule has 5 nitrogen and oxygen atoms in total. The lowest BCUT2D eigenvalue weighted by Gasteiger charge is -2.24. The number of nitrogens with one attached hydrogen (secondary N) is 2. The summed E-state index contributed by atoms with van der Waals surface area (Å²) >= 11 is 0. The SMILES string of the molecule is CCCOc1ccccc1C1CC(=O)Nc2n[nH]c(C)c21. The number of rotatable bonds is 4. The van der Waals surface area contributed by atoms with Crippen LogP contribution in [-0.4, -0.2) is 22.7 Å². The van der Waals surface area contributed by atoms with E-state index < -0.39 is 0 Å². The smallest absolute Gasteiger partial charge is 0.226 e. The van der Waals surface area contributed by atoms with Crippen LogP contribution in [0.2, 0.25) is 0 Å². The fourth-order valence-corrected chi connectivity index (χ4v) is 2.81. The molecule has 1 aromatic carbocycles. The Labute approximate surface area is 123 Å². The van der Waals surface area contributed by atoms with Gasteiger partial charge in [-0.1, -0.05) is 25.1 Å². The van der Waals surface area contributed by atoms with Crippen LogP contribution >= 0.6 is 0 Å². The van der Waals surface area contributed by atoms with Gasteiger partial charge in [0.2, 0.25) is 5.91 Å². The standard InChI is InChI=1S/C16H19N3O2/c1-3-8-21-13-7-5-4-6-11(13)12-9-14(20)17-16-15(12)10(2)18-19-16/h4-7,12H,3,8-9H2,1-2H3,(H2,17,18,19,20). The van der Waals surface area contributed by atoms with Gasteiger partial charge in [0.05, 0.1) is 6.61 Å². The average Bonchev–Trinajstić information content (AvgIpc) is 2.86. The molecule has 21 heavy (non-hydrogen) atoms. The average molecular weight is 285 g/mol. The fraction of sp³-hybridized carbons (Fsp3) is 0.375. The molecule has 2 aromatic rings. The molecule has 3 rings (SSSR count). The van der Waals surface area contributed by atoms with Crippen molar-refractivity contribution in [1.82, 2.24) is 10.2 Å². The van der Waals surface area contributed by atoms with Crippen molar-refractivity contribution in [2.24, 2.45) is 0 Å². The fourth-order valence-electron chi connectivity index (χ4n) is 2.81. The monoisotopic (exact) mass is 285 g/mol. The molecule has 0 bridgehead atoms. The molecule has 0 radical (unpaired) electrons. The minimum atomic E-state index is -0.0134. The van der Waals surface area contributed by atoms with Gasteiger partial charge in [0.15, 0.2) is 5.82 Å². The number of aromatic nitrogens is 2. The number of carbonyl (C=O) groups excluding carboxylic acids is 1. The first-order valence-corrected chi connectivity index (χ1v) is 7.27. The summed E-state index contributed by atoms with van der Waals surface area (Å²) in [6.07, 6.45) is 1.37. The molecule has 1 amide bonds. The van der Waals surface area contributed by atoms with E-state index in [4.69, 9.17) is 4.74 Å². The lowest BCUT2D eigenvalue weighted by molar-refractivity contribution is -0.116. The predicted molar refractivity (Wildman–Crippen MR) is 80.6 cm³/mol. The number of ether oxygens (including phenoxy) is 1. The van der Waals surface area contributed by atoms with Crippen LogP contribution in [0, 0.1) is 6.92 Å². The van der Waals surface area contributed by atoms with Crippen molar-refractivity contribution in [3.05, 3.63) is 41.1 Å². The first-order chi connectivity index (χ1) is 10.2. The van der Waals surface area contributed by atoms with Crippen LogP contribution in [0.4, 0.5) is 5.82 Å². The number of H-pyrrole nitrogens is 1. The highest BCUT2D eigenvalue weighted by molar-refractivity contribution is 5.94. The van der Waals surface area contributed by atoms with Crippen molar-refractivity contribution in [3.63, 3.8) is 0 Å². The van der Waals surface area contributed by atoms with Crippen molar-refractivity contribution < 1.29 is 9.53 Å². The van der Waals surface area contributed by atoms with Crippen LogP contribution in [0.3, 0.4) is 0 Å². The normalized spacial score (nSPS) is 17.2. The van der Waals surface area contributed by atoms with E-state index >= 15 is 0 Å². The summed E-state index contributed by atoms with van der Waals surface area (Å²) < 4.78 is 5.84. The van der Waals surface area contributed by atoms with Crippen LogP contribution in [0.25, 0.3) is 0 Å². The topological polar surface area (TPSA) is 67.0 Å². The number of nitrogens with zero attached hydrogens (tertiary/aromatic N) is 1. The molecule has 5 heteroatoms. The number of hydrogen-bond acceptors (Lipinski definition) is 3. The Morgan fingerprint density at radius 3 is 3.00 bits per heavy atom. The zero-order chi connectivity index (χ0) is 14.8. The molecule has 1 aliphatic rings. The molecular formula is C16H19N3O2. The minimum absolute atomic E-state index is 0.00991. The number of aryl methyl sites for hydroxylation is 1. The predicted octanol–water partition coefficient (Wildman–Crippen LogP) is 2.98. The highest BCUT2D eigenvalue weighted by Gasteiger charge is 2.31. The highest BCUT2D eigenvalue weighted by Crippen LogP contribution is 2.41. The van der Waals surface area contributed by atoms with Crippen LogP contribution < -0.4 is 10.1 Å². The van der Waals surface area contributed by atoms with E-state index in [1.807, 2.05) is 31.2 Å². The van der Waals surface area contributed by atoms with Crippen LogP contribution in [-0.2, 0) is 4.79 Å². The number of carbonyl (C=O) groups is 1. The van der Waals surface area contributed by atoms with E-state index in [-0.39, 0.29) is 11.8 Å². The van der Waals surface area contributed by atoms with Crippen molar-refractivity contribution in [2.45, 2.75) is 32.6 Å². The molecule has 0 saturated carbocycles. The Morgan fingerprint density at radius 1 is 1.38 bits per heavy atom. The van der Waals surface area contributed by atoms with Gasteiger partial charge in [-0.2, -0.15) is 5.10 Å². The van der Waals surface area contributed by atoms with Crippen molar-refractivity contribution in [1.29, 1.82) is 0 Å². The summed E-state index contributed by atoms with van der Waals surface area (Å²) in [6, 6.07) is 7.94. The maximum Gasteiger partial charge on any atom is 0.226 e. The number of hydrogen-bond donors (Lipinski definition) is 2. The molecule has 0 fully saturated rings.